The summed E-state index contributed by atoms with van der Waals surface area (Å²) in [5.74, 6) is 0.946. The Morgan fingerprint density at radius 1 is 1.26 bits per heavy atom. The molecule has 2 fully saturated rings. The average molecular weight is 330 g/mol. The minimum Gasteiger partial charge on any atom is -0.373 e. The molecule has 0 N–H and O–H groups in total. The number of benzene rings is 1. The second-order valence-electron chi connectivity index (χ2n) is 6.18. The van der Waals surface area contributed by atoms with Crippen LogP contribution in [0.2, 0.25) is 0 Å². The largest absolute Gasteiger partial charge is 0.373 e. The number of fused-ring (bicyclic) bond motifs is 1. The number of hydrogen-bond donors (Lipinski definition) is 0. The van der Waals surface area contributed by atoms with Crippen LogP contribution < -0.4 is 4.90 Å². The molecule has 2 saturated heterocycles. The number of aromatic nitrogens is 2. The van der Waals surface area contributed by atoms with Crippen LogP contribution in [0.5, 0.6) is 0 Å². The number of ether oxygens (including phenoxy) is 1. The van der Waals surface area contributed by atoms with Crippen molar-refractivity contribution in [3.8, 4) is 0 Å². The van der Waals surface area contributed by atoms with Gasteiger partial charge in [-0.2, -0.15) is 4.37 Å². The van der Waals surface area contributed by atoms with E-state index in [1.54, 1.807) is 0 Å². The molecule has 3 heterocycles. The third-order valence-corrected chi connectivity index (χ3v) is 5.50. The number of aryl methyl sites for hydroxylation is 1. The van der Waals surface area contributed by atoms with E-state index in [1.165, 1.54) is 17.1 Å². The van der Waals surface area contributed by atoms with Crippen LogP contribution in [0.4, 0.5) is 5.13 Å². The standard InChI is InChI=1S/C17H22N4OS/c1-2-16-18-17(23-19-16)21-11-14-15(12-21)22-9-8-20(14)10-13-6-4-3-5-7-13/h3-7,14-15H,2,8-12H2,1H3. The van der Waals surface area contributed by atoms with E-state index in [0.717, 1.165) is 50.2 Å². The molecule has 122 valence electrons. The van der Waals surface area contributed by atoms with Crippen LogP contribution >= 0.6 is 11.5 Å². The zero-order valence-electron chi connectivity index (χ0n) is 13.4. The third-order valence-electron chi connectivity index (χ3n) is 4.69. The van der Waals surface area contributed by atoms with Crippen molar-refractivity contribution in [1.82, 2.24) is 14.3 Å². The fourth-order valence-corrected chi connectivity index (χ4v) is 4.21. The molecule has 2 aliphatic rings. The van der Waals surface area contributed by atoms with Gasteiger partial charge < -0.3 is 9.64 Å². The maximum Gasteiger partial charge on any atom is 0.205 e. The molecule has 1 aromatic heterocycles. The van der Waals surface area contributed by atoms with Crippen molar-refractivity contribution in [3.63, 3.8) is 0 Å². The first-order chi connectivity index (χ1) is 11.3. The monoisotopic (exact) mass is 330 g/mol. The Balaban J connectivity index is 1.47. The molecule has 4 rings (SSSR count). The summed E-state index contributed by atoms with van der Waals surface area (Å²) in [6.07, 6.45) is 1.18. The van der Waals surface area contributed by atoms with Crippen molar-refractivity contribution in [2.45, 2.75) is 32.0 Å². The molecule has 6 heteroatoms. The maximum absolute atomic E-state index is 6.03. The zero-order valence-corrected chi connectivity index (χ0v) is 14.2. The fraction of sp³-hybridized carbons (Fsp3) is 0.529. The summed E-state index contributed by atoms with van der Waals surface area (Å²) in [4.78, 5) is 9.54. The van der Waals surface area contributed by atoms with E-state index in [9.17, 15) is 0 Å². The van der Waals surface area contributed by atoms with Gasteiger partial charge in [-0.1, -0.05) is 37.3 Å². The molecule has 0 saturated carbocycles. The van der Waals surface area contributed by atoms with Crippen molar-refractivity contribution < 1.29 is 4.74 Å². The van der Waals surface area contributed by atoms with E-state index in [1.807, 2.05) is 0 Å². The van der Waals surface area contributed by atoms with Gasteiger partial charge in [0.1, 0.15) is 5.82 Å². The van der Waals surface area contributed by atoms with Gasteiger partial charge in [0.25, 0.3) is 0 Å². The second-order valence-corrected chi connectivity index (χ2v) is 6.91. The highest BCUT2D eigenvalue weighted by Crippen LogP contribution is 2.29. The highest BCUT2D eigenvalue weighted by molar-refractivity contribution is 7.09. The SMILES string of the molecule is CCc1nsc(N2CC3OCCN(Cc4ccccc4)C3C2)n1. The van der Waals surface area contributed by atoms with Crippen molar-refractivity contribution in [1.29, 1.82) is 0 Å². The molecule has 0 radical (unpaired) electrons. The first-order valence-corrected chi connectivity index (χ1v) is 9.08. The predicted molar refractivity (Wildman–Crippen MR) is 91.9 cm³/mol. The molecule has 2 aromatic rings. The van der Waals surface area contributed by atoms with Gasteiger partial charge in [-0.15, -0.1) is 0 Å². The van der Waals surface area contributed by atoms with Crippen LogP contribution in [0, 0.1) is 0 Å². The van der Waals surface area contributed by atoms with Crippen LogP contribution in [0.15, 0.2) is 30.3 Å². The van der Waals surface area contributed by atoms with Gasteiger partial charge in [0.2, 0.25) is 5.13 Å². The summed E-state index contributed by atoms with van der Waals surface area (Å²) in [7, 11) is 0. The molecule has 0 bridgehead atoms. The van der Waals surface area contributed by atoms with Crippen molar-refractivity contribution >= 4 is 16.7 Å². The summed E-state index contributed by atoms with van der Waals surface area (Å²) in [6, 6.07) is 11.1. The first kappa shape index (κ1) is 15.1. The topological polar surface area (TPSA) is 41.5 Å². The van der Waals surface area contributed by atoms with Gasteiger partial charge >= 0.3 is 0 Å². The molecule has 0 amide bonds. The molecular weight excluding hydrogens is 308 g/mol. The van der Waals surface area contributed by atoms with E-state index in [-0.39, 0.29) is 6.10 Å². The van der Waals surface area contributed by atoms with Crippen molar-refractivity contribution in [2.75, 3.05) is 31.1 Å². The highest BCUT2D eigenvalue weighted by atomic mass is 32.1. The van der Waals surface area contributed by atoms with Crippen LogP contribution in [0.25, 0.3) is 0 Å². The fourth-order valence-electron chi connectivity index (χ4n) is 3.45. The van der Waals surface area contributed by atoms with Gasteiger partial charge in [-0.25, -0.2) is 4.98 Å². The number of morpholine rings is 1. The zero-order chi connectivity index (χ0) is 15.6. The molecule has 0 spiro atoms. The van der Waals surface area contributed by atoms with Gasteiger partial charge in [-0.3, -0.25) is 4.90 Å². The van der Waals surface area contributed by atoms with Crippen molar-refractivity contribution in [2.24, 2.45) is 0 Å². The molecule has 2 unspecified atom stereocenters. The average Bonchev–Trinajstić information content (AvgIpc) is 3.23. The normalized spacial score (nSPS) is 24.8. The van der Waals surface area contributed by atoms with Crippen LogP contribution in [-0.2, 0) is 17.7 Å². The molecule has 2 atom stereocenters. The predicted octanol–water partition coefficient (Wildman–Crippen LogP) is 2.19. The molecule has 23 heavy (non-hydrogen) atoms. The Labute approximate surface area is 141 Å². The Hall–Kier alpha value is -1.50. The van der Waals surface area contributed by atoms with Crippen LogP contribution in [0.1, 0.15) is 18.3 Å². The first-order valence-electron chi connectivity index (χ1n) is 8.30. The van der Waals surface area contributed by atoms with E-state index in [0.29, 0.717) is 6.04 Å². The molecule has 0 aliphatic carbocycles. The molecule has 2 aliphatic heterocycles. The quantitative estimate of drug-likeness (QED) is 0.859. The molecular formula is C17H22N4OS. The van der Waals surface area contributed by atoms with Crippen molar-refractivity contribution in [3.05, 3.63) is 41.7 Å². The Kier molecular flexibility index (Phi) is 4.29. The van der Waals surface area contributed by atoms with Gasteiger partial charge in [0, 0.05) is 44.1 Å². The third kappa shape index (κ3) is 3.11. The summed E-state index contributed by atoms with van der Waals surface area (Å²) < 4.78 is 10.4. The molecule has 5 nitrogen and oxygen atoms in total. The lowest BCUT2D eigenvalue weighted by atomic mass is 10.1. The number of nitrogens with zero attached hydrogens (tertiary/aromatic N) is 4. The second kappa shape index (κ2) is 6.55. The smallest absolute Gasteiger partial charge is 0.205 e. The van der Waals surface area contributed by atoms with Crippen LogP contribution in [-0.4, -0.2) is 52.6 Å². The highest BCUT2D eigenvalue weighted by Gasteiger charge is 2.41. The minimum atomic E-state index is 0.279. The molecule has 1 aromatic carbocycles. The van der Waals surface area contributed by atoms with E-state index in [4.69, 9.17) is 4.74 Å². The lowest BCUT2D eigenvalue weighted by Crippen LogP contribution is -2.50. The lowest BCUT2D eigenvalue weighted by molar-refractivity contribution is -0.0499. The summed E-state index contributed by atoms with van der Waals surface area (Å²) in [5, 5.41) is 1.04. The van der Waals surface area contributed by atoms with E-state index >= 15 is 0 Å². The summed E-state index contributed by atoms with van der Waals surface area (Å²) >= 11 is 1.51. The number of anilines is 1. The number of rotatable bonds is 4. The van der Waals surface area contributed by atoms with Gasteiger partial charge in [-0.05, 0) is 5.56 Å². The Morgan fingerprint density at radius 3 is 2.91 bits per heavy atom. The summed E-state index contributed by atoms with van der Waals surface area (Å²) in [6.45, 7) is 6.82. The van der Waals surface area contributed by atoms with Gasteiger partial charge in [0.05, 0.1) is 18.8 Å². The van der Waals surface area contributed by atoms with Gasteiger partial charge in [0.15, 0.2) is 0 Å². The lowest BCUT2D eigenvalue weighted by Gasteiger charge is -2.36. The van der Waals surface area contributed by atoms with E-state index in [2.05, 4.69) is 56.4 Å². The maximum atomic E-state index is 6.03. The Morgan fingerprint density at radius 2 is 2.13 bits per heavy atom. The van der Waals surface area contributed by atoms with E-state index < -0.39 is 0 Å². The number of hydrogen-bond acceptors (Lipinski definition) is 6. The Bertz CT molecular complexity index is 647. The summed E-state index contributed by atoms with van der Waals surface area (Å²) in [5.41, 5.74) is 1.37. The van der Waals surface area contributed by atoms with Crippen LogP contribution in [0.3, 0.4) is 0 Å². The minimum absolute atomic E-state index is 0.279.